The molecule has 0 radical (unpaired) electrons. The number of hydrogen-bond acceptors (Lipinski definition) is 5. The molecule has 0 bridgehead atoms. The predicted molar refractivity (Wildman–Crippen MR) is 130 cm³/mol. The number of carbonyl (C=O) groups is 4. The van der Waals surface area contributed by atoms with E-state index in [9.17, 15) is 19.2 Å². The van der Waals surface area contributed by atoms with E-state index in [0.717, 1.165) is 20.5 Å². The fraction of sp³-hybridized carbons (Fsp3) is 0.0769. The van der Waals surface area contributed by atoms with Crippen LogP contribution in [-0.4, -0.2) is 30.9 Å². The van der Waals surface area contributed by atoms with E-state index in [4.69, 9.17) is 0 Å². The van der Waals surface area contributed by atoms with Crippen molar-refractivity contribution in [3.8, 4) is 0 Å². The maximum absolute atomic E-state index is 13.2. The van der Waals surface area contributed by atoms with E-state index in [1.807, 2.05) is 48.5 Å². The second-order valence-electron chi connectivity index (χ2n) is 7.46. The molecule has 170 valence electrons. The third-order valence-corrected chi connectivity index (χ3v) is 6.12. The Morgan fingerprint density at radius 3 is 2.26 bits per heavy atom. The van der Waals surface area contributed by atoms with Gasteiger partial charge >= 0.3 is 12.0 Å². The van der Waals surface area contributed by atoms with E-state index in [-0.39, 0.29) is 16.8 Å². The Morgan fingerprint density at radius 2 is 1.59 bits per heavy atom. The van der Waals surface area contributed by atoms with Gasteiger partial charge in [-0.25, -0.2) is 14.5 Å². The molecule has 34 heavy (non-hydrogen) atoms. The Labute approximate surface area is 204 Å². The molecule has 1 aliphatic heterocycles. The zero-order chi connectivity index (χ0) is 24.2. The predicted octanol–water partition coefficient (Wildman–Crippen LogP) is 4.49. The van der Waals surface area contributed by atoms with E-state index in [0.29, 0.717) is 12.0 Å². The lowest BCUT2D eigenvalue weighted by atomic mass is 9.97. The number of rotatable bonds is 5. The Hall–Kier alpha value is -4.04. The van der Waals surface area contributed by atoms with Crippen LogP contribution >= 0.6 is 15.9 Å². The minimum Gasteiger partial charge on any atom is -0.465 e. The lowest BCUT2D eigenvalue weighted by Gasteiger charge is -2.26. The molecule has 1 N–H and O–H groups in total. The van der Waals surface area contributed by atoms with Gasteiger partial charge in [-0.3, -0.25) is 14.9 Å². The molecule has 1 heterocycles. The van der Waals surface area contributed by atoms with Crippen LogP contribution in [0.1, 0.15) is 27.0 Å². The van der Waals surface area contributed by atoms with Gasteiger partial charge in [0.1, 0.15) is 5.57 Å². The number of hydrogen-bond donors (Lipinski definition) is 1. The Kier molecular flexibility index (Phi) is 6.70. The third-order valence-electron chi connectivity index (χ3n) is 5.34. The largest absolute Gasteiger partial charge is 0.465 e. The molecular formula is C26H19BrN2O5. The number of amides is 4. The van der Waals surface area contributed by atoms with Crippen LogP contribution in [0.5, 0.6) is 0 Å². The summed E-state index contributed by atoms with van der Waals surface area (Å²) in [7, 11) is 1.26. The van der Waals surface area contributed by atoms with Crippen molar-refractivity contribution in [2.24, 2.45) is 0 Å². The minimum atomic E-state index is -0.862. The standard InChI is InChI=1S/C26H19BrN2O5/c1-34-25(32)16-10-12-20(13-11-16)29-24(31)21(23(30)28-26(29)33)15-18-7-3-2-6-17(18)14-19-8-4-5-9-22(19)27/h2-13,15H,14H2,1H3,(H,28,30,33)/b21-15+. The summed E-state index contributed by atoms with van der Waals surface area (Å²) in [6.07, 6.45) is 2.07. The van der Waals surface area contributed by atoms with Gasteiger partial charge in [0.05, 0.1) is 18.4 Å². The molecule has 3 aromatic carbocycles. The van der Waals surface area contributed by atoms with Crippen LogP contribution in [-0.2, 0) is 20.7 Å². The SMILES string of the molecule is COC(=O)c1ccc(N2C(=O)NC(=O)/C(=C\c3ccccc3Cc3ccccc3Br)C2=O)cc1. The Balaban J connectivity index is 1.68. The van der Waals surface area contributed by atoms with Crippen LogP contribution in [0.3, 0.4) is 0 Å². The minimum absolute atomic E-state index is 0.170. The average Bonchev–Trinajstić information content (AvgIpc) is 2.84. The third kappa shape index (κ3) is 4.67. The lowest BCUT2D eigenvalue weighted by molar-refractivity contribution is -0.122. The topological polar surface area (TPSA) is 92.8 Å². The second-order valence-corrected chi connectivity index (χ2v) is 8.32. The number of benzene rings is 3. The van der Waals surface area contributed by atoms with Gasteiger partial charge < -0.3 is 4.74 Å². The first kappa shape index (κ1) is 23.1. The van der Waals surface area contributed by atoms with Crippen molar-refractivity contribution < 1.29 is 23.9 Å². The normalized spacial score (nSPS) is 14.8. The van der Waals surface area contributed by atoms with Crippen molar-refractivity contribution in [2.75, 3.05) is 12.0 Å². The maximum atomic E-state index is 13.2. The highest BCUT2D eigenvalue weighted by atomic mass is 79.9. The smallest absolute Gasteiger partial charge is 0.337 e. The van der Waals surface area contributed by atoms with Crippen LogP contribution in [0.15, 0.2) is 82.8 Å². The van der Waals surface area contributed by atoms with Gasteiger partial charge in [0, 0.05) is 4.47 Å². The van der Waals surface area contributed by atoms with Crippen LogP contribution in [0, 0.1) is 0 Å². The highest BCUT2D eigenvalue weighted by Gasteiger charge is 2.37. The van der Waals surface area contributed by atoms with Gasteiger partial charge in [-0.1, -0.05) is 58.4 Å². The van der Waals surface area contributed by atoms with Crippen LogP contribution in [0.25, 0.3) is 6.08 Å². The van der Waals surface area contributed by atoms with Gasteiger partial charge in [-0.05, 0) is 59.5 Å². The molecule has 1 saturated heterocycles. The molecule has 8 heteroatoms. The number of anilines is 1. The zero-order valence-corrected chi connectivity index (χ0v) is 19.7. The maximum Gasteiger partial charge on any atom is 0.337 e. The van der Waals surface area contributed by atoms with Crippen LogP contribution in [0.4, 0.5) is 10.5 Å². The highest BCUT2D eigenvalue weighted by molar-refractivity contribution is 9.10. The summed E-state index contributed by atoms with van der Waals surface area (Å²) in [6.45, 7) is 0. The Morgan fingerprint density at radius 1 is 0.941 bits per heavy atom. The summed E-state index contributed by atoms with van der Waals surface area (Å²) >= 11 is 3.55. The van der Waals surface area contributed by atoms with Crippen molar-refractivity contribution in [3.63, 3.8) is 0 Å². The molecule has 0 spiro atoms. The summed E-state index contributed by atoms with van der Waals surface area (Å²) < 4.78 is 5.62. The first-order chi connectivity index (χ1) is 16.4. The molecule has 0 unspecified atom stereocenters. The van der Waals surface area contributed by atoms with Crippen molar-refractivity contribution in [3.05, 3.63) is 105 Å². The summed E-state index contributed by atoms with van der Waals surface area (Å²) in [4.78, 5) is 50.8. The van der Waals surface area contributed by atoms with Crippen molar-refractivity contribution >= 4 is 51.5 Å². The van der Waals surface area contributed by atoms with E-state index in [2.05, 4.69) is 26.0 Å². The number of ether oxygens (including phenoxy) is 1. The van der Waals surface area contributed by atoms with E-state index in [1.165, 1.54) is 37.5 Å². The second kappa shape index (κ2) is 9.84. The molecular weight excluding hydrogens is 500 g/mol. The first-order valence-corrected chi connectivity index (χ1v) is 11.1. The van der Waals surface area contributed by atoms with E-state index in [1.54, 1.807) is 0 Å². The molecule has 0 saturated carbocycles. The van der Waals surface area contributed by atoms with Crippen molar-refractivity contribution in [1.82, 2.24) is 5.32 Å². The van der Waals surface area contributed by atoms with E-state index >= 15 is 0 Å². The van der Waals surface area contributed by atoms with Gasteiger partial charge in [-0.15, -0.1) is 0 Å². The fourth-order valence-corrected chi connectivity index (χ4v) is 4.02. The number of nitrogens with one attached hydrogen (secondary N) is 1. The van der Waals surface area contributed by atoms with Crippen LogP contribution < -0.4 is 10.2 Å². The van der Waals surface area contributed by atoms with E-state index < -0.39 is 23.8 Å². The summed E-state index contributed by atoms with van der Waals surface area (Å²) in [5.74, 6) is -2.07. The molecule has 0 atom stereocenters. The van der Waals surface area contributed by atoms with Gasteiger partial charge in [0.15, 0.2) is 0 Å². The summed E-state index contributed by atoms with van der Waals surface area (Å²) in [6, 6.07) is 20.1. The average molecular weight is 519 g/mol. The number of nitrogens with zero attached hydrogens (tertiary/aromatic N) is 1. The monoisotopic (exact) mass is 518 g/mol. The molecule has 1 aliphatic rings. The van der Waals surface area contributed by atoms with Gasteiger partial charge in [0.2, 0.25) is 0 Å². The number of imide groups is 2. The first-order valence-electron chi connectivity index (χ1n) is 10.3. The fourth-order valence-electron chi connectivity index (χ4n) is 3.59. The number of barbiturate groups is 1. The molecule has 0 aromatic heterocycles. The zero-order valence-electron chi connectivity index (χ0n) is 18.1. The Bertz CT molecular complexity index is 1330. The number of urea groups is 1. The molecule has 0 aliphatic carbocycles. The number of esters is 1. The van der Waals surface area contributed by atoms with Gasteiger partial charge in [-0.2, -0.15) is 0 Å². The molecule has 4 amide bonds. The lowest BCUT2D eigenvalue weighted by Crippen LogP contribution is -2.54. The molecule has 7 nitrogen and oxygen atoms in total. The number of methoxy groups -OCH3 is 1. The van der Waals surface area contributed by atoms with Crippen LogP contribution in [0.2, 0.25) is 0 Å². The van der Waals surface area contributed by atoms with Gasteiger partial charge in [0.25, 0.3) is 11.8 Å². The number of carbonyl (C=O) groups excluding carboxylic acids is 4. The summed E-state index contributed by atoms with van der Waals surface area (Å²) in [5.41, 5.74) is 2.96. The quantitative estimate of drug-likeness (QED) is 0.305. The highest BCUT2D eigenvalue weighted by Crippen LogP contribution is 2.26. The molecule has 1 fully saturated rings. The van der Waals surface area contributed by atoms with Crippen molar-refractivity contribution in [2.45, 2.75) is 6.42 Å². The van der Waals surface area contributed by atoms with Crippen molar-refractivity contribution in [1.29, 1.82) is 0 Å². The summed E-state index contributed by atoms with van der Waals surface area (Å²) in [5, 5.41) is 2.22. The molecule has 3 aromatic rings. The number of halogens is 1. The molecule has 4 rings (SSSR count).